The van der Waals surface area contributed by atoms with Gasteiger partial charge in [-0.1, -0.05) is 122 Å². The number of nitrogens with zero attached hydrogens (tertiary/aromatic N) is 1. The number of hydrogen-bond acceptors (Lipinski definition) is 3. The Morgan fingerprint density at radius 1 is 0.621 bits per heavy atom. The molecule has 0 amide bonds. The van der Waals surface area contributed by atoms with Gasteiger partial charge in [0, 0.05) is 6.42 Å². The summed E-state index contributed by atoms with van der Waals surface area (Å²) in [5.41, 5.74) is 0.178. The molecule has 0 fully saturated rings. The van der Waals surface area contributed by atoms with E-state index in [1.807, 2.05) is 0 Å². The van der Waals surface area contributed by atoms with Crippen molar-refractivity contribution in [2.24, 2.45) is 5.16 Å². The fraction of sp³-hybridized carbons (Fsp3) is 0.920. The Kier molecular flexibility index (Phi) is 22.4. The van der Waals surface area contributed by atoms with Crippen LogP contribution in [0.3, 0.4) is 0 Å². The number of aliphatic carboxylic acids is 1. The highest BCUT2D eigenvalue weighted by Crippen LogP contribution is 2.13. The first-order valence-electron chi connectivity index (χ1n) is 12.6. The van der Waals surface area contributed by atoms with Crippen LogP contribution in [0.5, 0.6) is 0 Å². The predicted molar refractivity (Wildman–Crippen MR) is 125 cm³/mol. The first-order valence-corrected chi connectivity index (χ1v) is 12.6. The molecule has 0 bridgehead atoms. The summed E-state index contributed by atoms with van der Waals surface area (Å²) < 4.78 is 0. The van der Waals surface area contributed by atoms with Gasteiger partial charge in [0.1, 0.15) is 6.61 Å². The monoisotopic (exact) mass is 411 g/mol. The number of hydrogen-bond donors (Lipinski definition) is 1. The van der Waals surface area contributed by atoms with Crippen molar-refractivity contribution >= 4 is 11.7 Å². The first kappa shape index (κ1) is 27.9. The van der Waals surface area contributed by atoms with Gasteiger partial charge in [-0.3, -0.25) is 0 Å². The third kappa shape index (κ3) is 21.5. The van der Waals surface area contributed by atoms with Crippen LogP contribution in [0, 0.1) is 0 Å². The van der Waals surface area contributed by atoms with E-state index in [4.69, 9.17) is 4.84 Å². The van der Waals surface area contributed by atoms with Crippen LogP contribution in [0.2, 0.25) is 0 Å². The van der Waals surface area contributed by atoms with E-state index in [0.29, 0.717) is 13.0 Å². The lowest BCUT2D eigenvalue weighted by Crippen LogP contribution is -2.13. The molecule has 29 heavy (non-hydrogen) atoms. The summed E-state index contributed by atoms with van der Waals surface area (Å²) in [6, 6.07) is 0. The Morgan fingerprint density at radius 3 is 1.41 bits per heavy atom. The summed E-state index contributed by atoms with van der Waals surface area (Å²) in [5.74, 6) is -0.939. The zero-order valence-electron chi connectivity index (χ0n) is 19.6. The van der Waals surface area contributed by atoms with Gasteiger partial charge in [0.15, 0.2) is 5.71 Å². The van der Waals surface area contributed by atoms with Gasteiger partial charge in [0.2, 0.25) is 0 Å². The van der Waals surface area contributed by atoms with Crippen LogP contribution in [0.1, 0.15) is 142 Å². The standard InChI is InChI=1S/C25H49NO3/c1-3-5-7-9-10-11-12-13-14-15-16-17-18-20-22-24(25(27)28)26-29-23-21-19-8-6-4-2/h3-23H2,1-2H3,(H,27,28). The molecule has 0 saturated heterocycles. The Hall–Kier alpha value is -1.06. The van der Waals surface area contributed by atoms with E-state index in [-0.39, 0.29) is 5.71 Å². The first-order chi connectivity index (χ1) is 14.2. The number of unbranched alkanes of at least 4 members (excludes halogenated alkanes) is 17. The van der Waals surface area contributed by atoms with Gasteiger partial charge in [-0.2, -0.15) is 0 Å². The number of rotatable bonds is 23. The maximum Gasteiger partial charge on any atom is 0.353 e. The van der Waals surface area contributed by atoms with Gasteiger partial charge >= 0.3 is 5.97 Å². The summed E-state index contributed by atoms with van der Waals surface area (Å²) in [5, 5.41) is 13.1. The van der Waals surface area contributed by atoms with Gasteiger partial charge in [0.05, 0.1) is 0 Å². The van der Waals surface area contributed by atoms with E-state index < -0.39 is 5.97 Å². The molecule has 4 nitrogen and oxygen atoms in total. The summed E-state index contributed by atoms with van der Waals surface area (Å²) in [7, 11) is 0. The van der Waals surface area contributed by atoms with Crippen molar-refractivity contribution in [1.29, 1.82) is 0 Å². The Labute approximate surface area is 180 Å². The largest absolute Gasteiger partial charge is 0.477 e. The summed E-state index contributed by atoms with van der Waals surface area (Å²) in [6.07, 6.45) is 24.5. The van der Waals surface area contributed by atoms with Crippen molar-refractivity contribution in [1.82, 2.24) is 0 Å². The molecule has 0 unspecified atom stereocenters. The van der Waals surface area contributed by atoms with Crippen LogP contribution in [0.4, 0.5) is 0 Å². The fourth-order valence-electron chi connectivity index (χ4n) is 3.57. The molecule has 4 heteroatoms. The van der Waals surface area contributed by atoms with Gasteiger partial charge in [-0.15, -0.1) is 0 Å². The summed E-state index contributed by atoms with van der Waals surface area (Å²) in [6.45, 7) is 4.99. The molecular weight excluding hydrogens is 362 g/mol. The van der Waals surface area contributed by atoms with E-state index in [1.54, 1.807) is 0 Å². The van der Waals surface area contributed by atoms with E-state index in [9.17, 15) is 9.90 Å². The van der Waals surface area contributed by atoms with E-state index in [0.717, 1.165) is 25.7 Å². The average molecular weight is 412 g/mol. The molecule has 0 aromatic heterocycles. The van der Waals surface area contributed by atoms with Crippen LogP contribution in [0.25, 0.3) is 0 Å². The second-order valence-electron chi connectivity index (χ2n) is 8.44. The molecule has 0 atom stereocenters. The molecule has 0 aliphatic heterocycles. The second-order valence-corrected chi connectivity index (χ2v) is 8.44. The molecule has 0 radical (unpaired) electrons. The zero-order valence-corrected chi connectivity index (χ0v) is 19.6. The summed E-state index contributed by atoms with van der Waals surface area (Å²) in [4.78, 5) is 16.5. The van der Waals surface area contributed by atoms with Gasteiger partial charge in [-0.05, 0) is 19.3 Å². The van der Waals surface area contributed by atoms with E-state index in [1.165, 1.54) is 96.3 Å². The highest BCUT2D eigenvalue weighted by atomic mass is 16.6. The van der Waals surface area contributed by atoms with Crippen molar-refractivity contribution < 1.29 is 14.7 Å². The van der Waals surface area contributed by atoms with Crippen molar-refractivity contribution in [2.75, 3.05) is 6.61 Å². The smallest absolute Gasteiger partial charge is 0.353 e. The minimum atomic E-state index is -0.939. The lowest BCUT2D eigenvalue weighted by atomic mass is 10.0. The molecule has 0 rings (SSSR count). The van der Waals surface area contributed by atoms with Crippen LogP contribution in [0.15, 0.2) is 5.16 Å². The number of carboxylic acid groups (broad SMARTS) is 1. The lowest BCUT2D eigenvalue weighted by Gasteiger charge is -2.04. The molecule has 0 aromatic rings. The van der Waals surface area contributed by atoms with E-state index in [2.05, 4.69) is 19.0 Å². The van der Waals surface area contributed by atoms with E-state index >= 15 is 0 Å². The van der Waals surface area contributed by atoms with Crippen molar-refractivity contribution in [3.63, 3.8) is 0 Å². The Balaban J connectivity index is 3.48. The van der Waals surface area contributed by atoms with Crippen molar-refractivity contribution in [3.05, 3.63) is 0 Å². The van der Waals surface area contributed by atoms with Crippen molar-refractivity contribution in [2.45, 2.75) is 142 Å². The molecule has 0 saturated carbocycles. The SMILES string of the molecule is CCCCCCCCCCCCCCCCC(=NOCCCCCCC)C(=O)O. The molecular formula is C25H49NO3. The van der Waals surface area contributed by atoms with Crippen LogP contribution in [-0.4, -0.2) is 23.4 Å². The molecule has 0 aromatic carbocycles. The van der Waals surface area contributed by atoms with Crippen LogP contribution >= 0.6 is 0 Å². The topological polar surface area (TPSA) is 58.9 Å². The molecule has 172 valence electrons. The minimum absolute atomic E-state index is 0.178. The molecule has 0 spiro atoms. The maximum atomic E-state index is 11.3. The molecule has 1 N–H and O–H groups in total. The minimum Gasteiger partial charge on any atom is -0.477 e. The predicted octanol–water partition coefficient (Wildman–Crippen LogP) is 8.29. The lowest BCUT2D eigenvalue weighted by molar-refractivity contribution is -0.129. The Morgan fingerprint density at radius 2 is 1.00 bits per heavy atom. The van der Waals surface area contributed by atoms with Crippen LogP contribution in [-0.2, 0) is 9.63 Å². The third-order valence-corrected chi connectivity index (χ3v) is 5.53. The maximum absolute atomic E-state index is 11.3. The molecule has 0 heterocycles. The third-order valence-electron chi connectivity index (χ3n) is 5.53. The Bertz CT molecular complexity index is 382. The highest BCUT2D eigenvalue weighted by molar-refractivity contribution is 6.35. The molecule has 0 aliphatic rings. The zero-order chi connectivity index (χ0) is 21.4. The number of carbonyl (C=O) groups is 1. The average Bonchev–Trinajstić information content (AvgIpc) is 2.71. The quantitative estimate of drug-likeness (QED) is 0.104. The van der Waals surface area contributed by atoms with Crippen molar-refractivity contribution in [3.8, 4) is 0 Å². The second kappa shape index (κ2) is 23.2. The summed E-state index contributed by atoms with van der Waals surface area (Å²) >= 11 is 0. The number of oxime groups is 1. The normalized spacial score (nSPS) is 11.7. The van der Waals surface area contributed by atoms with Gasteiger partial charge < -0.3 is 9.94 Å². The fourth-order valence-corrected chi connectivity index (χ4v) is 3.57. The highest BCUT2D eigenvalue weighted by Gasteiger charge is 2.09. The van der Waals surface area contributed by atoms with Gasteiger partial charge in [-0.25, -0.2) is 4.79 Å². The van der Waals surface area contributed by atoms with Gasteiger partial charge in [0.25, 0.3) is 0 Å². The van der Waals surface area contributed by atoms with Crippen LogP contribution < -0.4 is 0 Å². The number of carboxylic acids is 1. The molecule has 0 aliphatic carbocycles.